The largest absolute Gasteiger partial charge is 0.378 e. The van der Waals surface area contributed by atoms with Crippen molar-refractivity contribution in [3.8, 4) is 0 Å². The first-order chi connectivity index (χ1) is 13.5. The monoisotopic (exact) mass is 388 g/mol. The van der Waals surface area contributed by atoms with Crippen LogP contribution >= 0.6 is 0 Å². The SMILES string of the molecule is CCc1cc(N2CCC3(CC2)C(=O)N(C)C(=O)N3C)nc(N2CCOCC2)n1. The fourth-order valence-corrected chi connectivity index (χ4v) is 4.32. The van der Waals surface area contributed by atoms with Crippen molar-refractivity contribution in [3.05, 3.63) is 11.8 Å². The van der Waals surface area contributed by atoms with E-state index in [1.807, 2.05) is 6.07 Å². The van der Waals surface area contributed by atoms with E-state index in [1.165, 1.54) is 4.90 Å². The third-order valence-corrected chi connectivity index (χ3v) is 6.24. The number of anilines is 2. The molecule has 0 atom stereocenters. The van der Waals surface area contributed by atoms with Crippen LogP contribution in [0.2, 0.25) is 0 Å². The molecule has 3 aliphatic heterocycles. The topological polar surface area (TPSA) is 82.1 Å². The number of carbonyl (C=O) groups is 2. The van der Waals surface area contributed by atoms with Crippen molar-refractivity contribution in [1.29, 1.82) is 0 Å². The quantitative estimate of drug-likeness (QED) is 0.706. The maximum Gasteiger partial charge on any atom is 0.327 e. The van der Waals surface area contributed by atoms with Crippen LogP contribution in [0.5, 0.6) is 0 Å². The summed E-state index contributed by atoms with van der Waals surface area (Å²) in [5, 5.41) is 0. The van der Waals surface area contributed by atoms with Gasteiger partial charge in [-0.05, 0) is 19.3 Å². The highest BCUT2D eigenvalue weighted by Gasteiger charge is 2.55. The van der Waals surface area contributed by atoms with E-state index >= 15 is 0 Å². The van der Waals surface area contributed by atoms with Crippen LogP contribution in [0.3, 0.4) is 0 Å². The van der Waals surface area contributed by atoms with Gasteiger partial charge in [-0.2, -0.15) is 4.98 Å². The van der Waals surface area contributed by atoms with Gasteiger partial charge < -0.3 is 19.4 Å². The summed E-state index contributed by atoms with van der Waals surface area (Å²) < 4.78 is 5.44. The van der Waals surface area contributed by atoms with Crippen molar-refractivity contribution in [2.75, 3.05) is 63.3 Å². The minimum absolute atomic E-state index is 0.0920. The van der Waals surface area contributed by atoms with Crippen molar-refractivity contribution < 1.29 is 14.3 Å². The number of aromatic nitrogens is 2. The lowest BCUT2D eigenvalue weighted by atomic mass is 9.86. The maximum atomic E-state index is 12.7. The first-order valence-corrected chi connectivity index (χ1v) is 9.98. The van der Waals surface area contributed by atoms with Gasteiger partial charge in [0.25, 0.3) is 5.91 Å². The van der Waals surface area contributed by atoms with E-state index in [0.717, 1.165) is 37.0 Å². The molecular weight excluding hydrogens is 360 g/mol. The number of nitrogens with zero attached hydrogens (tertiary/aromatic N) is 6. The summed E-state index contributed by atoms with van der Waals surface area (Å²) in [5.74, 6) is 1.56. The highest BCUT2D eigenvalue weighted by Crippen LogP contribution is 2.36. The molecule has 3 saturated heterocycles. The van der Waals surface area contributed by atoms with E-state index < -0.39 is 5.54 Å². The molecule has 1 spiro atoms. The van der Waals surface area contributed by atoms with Gasteiger partial charge >= 0.3 is 6.03 Å². The predicted octanol–water partition coefficient (Wildman–Crippen LogP) is 0.738. The fourth-order valence-electron chi connectivity index (χ4n) is 4.32. The van der Waals surface area contributed by atoms with Crippen LogP contribution in [0.4, 0.5) is 16.6 Å². The number of likely N-dealkylation sites (N-methyl/N-ethyl adjacent to an activating group) is 2. The Morgan fingerprint density at radius 3 is 2.29 bits per heavy atom. The lowest BCUT2D eigenvalue weighted by Gasteiger charge is -2.41. The number of imide groups is 1. The normalized spacial score (nSPS) is 22.5. The first-order valence-electron chi connectivity index (χ1n) is 9.98. The Balaban J connectivity index is 1.54. The van der Waals surface area contributed by atoms with E-state index in [9.17, 15) is 9.59 Å². The van der Waals surface area contributed by atoms with Gasteiger partial charge in [-0.15, -0.1) is 0 Å². The summed E-state index contributed by atoms with van der Waals surface area (Å²) in [4.78, 5) is 41.7. The summed E-state index contributed by atoms with van der Waals surface area (Å²) in [5.41, 5.74) is 0.298. The zero-order chi connectivity index (χ0) is 19.9. The molecule has 3 fully saturated rings. The molecule has 0 saturated carbocycles. The van der Waals surface area contributed by atoms with E-state index in [4.69, 9.17) is 14.7 Å². The van der Waals surface area contributed by atoms with Gasteiger partial charge in [0.05, 0.1) is 13.2 Å². The number of amides is 3. The summed E-state index contributed by atoms with van der Waals surface area (Å²) in [6.45, 7) is 6.43. The summed E-state index contributed by atoms with van der Waals surface area (Å²) >= 11 is 0. The lowest BCUT2D eigenvalue weighted by Crippen LogP contribution is -2.55. The molecule has 152 valence electrons. The van der Waals surface area contributed by atoms with Crippen LogP contribution < -0.4 is 9.80 Å². The summed E-state index contributed by atoms with van der Waals surface area (Å²) in [7, 11) is 3.30. The van der Waals surface area contributed by atoms with Gasteiger partial charge in [0.15, 0.2) is 0 Å². The Morgan fingerprint density at radius 1 is 1.04 bits per heavy atom. The minimum atomic E-state index is -0.712. The van der Waals surface area contributed by atoms with Crippen LogP contribution in [0.25, 0.3) is 0 Å². The highest BCUT2D eigenvalue weighted by atomic mass is 16.5. The second-order valence-electron chi connectivity index (χ2n) is 7.69. The molecule has 28 heavy (non-hydrogen) atoms. The van der Waals surface area contributed by atoms with Crippen LogP contribution in [-0.4, -0.2) is 90.7 Å². The Morgan fingerprint density at radius 2 is 1.71 bits per heavy atom. The molecule has 1 aromatic heterocycles. The van der Waals surface area contributed by atoms with Crippen LogP contribution in [-0.2, 0) is 16.0 Å². The fraction of sp³-hybridized carbons (Fsp3) is 0.684. The smallest absolute Gasteiger partial charge is 0.327 e. The number of hydrogen-bond donors (Lipinski definition) is 0. The predicted molar refractivity (Wildman–Crippen MR) is 105 cm³/mol. The zero-order valence-corrected chi connectivity index (χ0v) is 16.8. The van der Waals surface area contributed by atoms with E-state index in [-0.39, 0.29) is 11.9 Å². The van der Waals surface area contributed by atoms with Gasteiger partial charge in [0.1, 0.15) is 11.4 Å². The average molecular weight is 388 g/mol. The van der Waals surface area contributed by atoms with Crippen LogP contribution in [0.15, 0.2) is 6.07 Å². The van der Waals surface area contributed by atoms with Crippen LogP contribution in [0.1, 0.15) is 25.5 Å². The average Bonchev–Trinajstić information content (AvgIpc) is 2.90. The Bertz CT molecular complexity index is 771. The lowest BCUT2D eigenvalue weighted by molar-refractivity contribution is -0.133. The third-order valence-electron chi connectivity index (χ3n) is 6.24. The van der Waals surface area contributed by atoms with Crippen molar-refractivity contribution >= 4 is 23.7 Å². The summed E-state index contributed by atoms with van der Waals surface area (Å²) in [6.07, 6.45) is 2.05. The Labute approximate surface area is 165 Å². The molecule has 0 radical (unpaired) electrons. The van der Waals surface area contributed by atoms with Crippen molar-refractivity contribution in [2.45, 2.75) is 31.7 Å². The summed E-state index contributed by atoms with van der Waals surface area (Å²) in [6, 6.07) is 1.82. The number of hydrogen-bond acceptors (Lipinski definition) is 7. The Hall–Kier alpha value is -2.42. The van der Waals surface area contributed by atoms with Crippen LogP contribution in [0, 0.1) is 0 Å². The first kappa shape index (κ1) is 18.9. The number of urea groups is 1. The minimum Gasteiger partial charge on any atom is -0.378 e. The molecule has 0 N–H and O–H groups in total. The van der Waals surface area contributed by atoms with Crippen molar-refractivity contribution in [1.82, 2.24) is 19.8 Å². The van der Waals surface area contributed by atoms with E-state index in [1.54, 1.807) is 19.0 Å². The molecule has 0 unspecified atom stereocenters. The standard InChI is InChI=1S/C19H28N6O3/c1-4-14-13-15(21-17(20-14)25-9-11-28-12-10-25)24-7-5-19(6-8-24)16(26)22(2)18(27)23(19)3/h13H,4-12H2,1-3H3. The van der Waals surface area contributed by atoms with Crippen molar-refractivity contribution in [3.63, 3.8) is 0 Å². The molecule has 4 heterocycles. The number of morpholine rings is 1. The molecular formula is C19H28N6O3. The van der Waals surface area contributed by atoms with Gasteiger partial charge in [-0.1, -0.05) is 6.92 Å². The second-order valence-corrected chi connectivity index (χ2v) is 7.69. The van der Waals surface area contributed by atoms with E-state index in [2.05, 4.69) is 16.7 Å². The van der Waals surface area contributed by atoms with Gasteiger partial charge in [0.2, 0.25) is 5.95 Å². The molecule has 0 aliphatic carbocycles. The highest BCUT2D eigenvalue weighted by molar-refractivity contribution is 6.06. The number of ether oxygens (including phenoxy) is 1. The number of aryl methyl sites for hydroxylation is 1. The van der Waals surface area contributed by atoms with Gasteiger partial charge in [-0.3, -0.25) is 9.69 Å². The van der Waals surface area contributed by atoms with Crippen molar-refractivity contribution in [2.24, 2.45) is 0 Å². The van der Waals surface area contributed by atoms with Gasteiger partial charge in [0, 0.05) is 52.0 Å². The zero-order valence-electron chi connectivity index (χ0n) is 16.8. The third kappa shape index (κ3) is 2.97. The molecule has 9 heteroatoms. The van der Waals surface area contributed by atoms with Gasteiger partial charge in [-0.25, -0.2) is 9.78 Å². The molecule has 1 aromatic rings. The number of rotatable bonds is 3. The molecule has 4 rings (SSSR count). The molecule has 0 bridgehead atoms. The number of piperidine rings is 1. The molecule has 0 aromatic carbocycles. The molecule has 3 amide bonds. The molecule has 9 nitrogen and oxygen atoms in total. The molecule has 3 aliphatic rings. The number of carbonyl (C=O) groups excluding carboxylic acids is 2. The maximum absolute atomic E-state index is 12.7. The van der Waals surface area contributed by atoms with E-state index in [0.29, 0.717) is 39.1 Å². The second kappa shape index (κ2) is 7.20. The Kier molecular flexibility index (Phi) is 4.86.